The SMILES string of the molecule is CCCCCCCCCCCCCCCC(=O)OC[C@H](COP(=O)(O)OCC(O)CO)OO. The summed E-state index contributed by atoms with van der Waals surface area (Å²) in [6, 6.07) is 0. The van der Waals surface area contributed by atoms with E-state index in [0.29, 0.717) is 6.42 Å². The number of carbonyl (C=O) groups is 1. The molecule has 0 saturated heterocycles. The molecule has 0 aromatic carbocycles. The highest BCUT2D eigenvalue weighted by Crippen LogP contribution is 2.43. The van der Waals surface area contributed by atoms with Crippen molar-refractivity contribution < 1.29 is 48.4 Å². The third-order valence-corrected chi connectivity index (χ3v) is 6.08. The Labute approximate surface area is 198 Å². The number of phosphoric ester groups is 1. The van der Waals surface area contributed by atoms with Gasteiger partial charge in [-0.25, -0.2) is 9.45 Å². The normalized spacial score (nSPS) is 15.2. The maximum absolute atomic E-state index is 11.8. The summed E-state index contributed by atoms with van der Waals surface area (Å²) in [6.45, 7) is 0.0500. The summed E-state index contributed by atoms with van der Waals surface area (Å²) in [4.78, 5) is 25.3. The zero-order chi connectivity index (χ0) is 24.8. The molecule has 0 spiro atoms. The van der Waals surface area contributed by atoms with Crippen LogP contribution in [0.2, 0.25) is 0 Å². The van der Waals surface area contributed by atoms with Crippen LogP contribution in [0.1, 0.15) is 96.8 Å². The van der Waals surface area contributed by atoms with Crippen molar-refractivity contribution in [3.63, 3.8) is 0 Å². The lowest BCUT2D eigenvalue weighted by Gasteiger charge is -2.17. The zero-order valence-electron chi connectivity index (χ0n) is 20.1. The molecule has 2 unspecified atom stereocenters. The van der Waals surface area contributed by atoms with E-state index in [9.17, 15) is 14.3 Å². The molecule has 0 amide bonds. The molecule has 4 N–H and O–H groups in total. The molecule has 0 rings (SSSR count). The van der Waals surface area contributed by atoms with E-state index in [0.717, 1.165) is 12.8 Å². The largest absolute Gasteiger partial charge is 0.472 e. The van der Waals surface area contributed by atoms with Gasteiger partial charge in [0.15, 0.2) is 6.10 Å². The Morgan fingerprint density at radius 3 is 1.79 bits per heavy atom. The maximum Gasteiger partial charge on any atom is 0.472 e. The van der Waals surface area contributed by atoms with Gasteiger partial charge in [-0.2, -0.15) is 0 Å². The highest BCUT2D eigenvalue weighted by molar-refractivity contribution is 7.47. The minimum atomic E-state index is -4.52. The first-order valence-electron chi connectivity index (χ1n) is 12.2. The number of unbranched alkanes of at least 4 members (excludes halogenated alkanes) is 12. The van der Waals surface area contributed by atoms with Gasteiger partial charge in [0.25, 0.3) is 0 Å². The van der Waals surface area contributed by atoms with Gasteiger partial charge < -0.3 is 19.8 Å². The van der Waals surface area contributed by atoms with Gasteiger partial charge in [-0.05, 0) is 6.42 Å². The van der Waals surface area contributed by atoms with Crippen LogP contribution in [0.3, 0.4) is 0 Å². The summed E-state index contributed by atoms with van der Waals surface area (Å²) < 4.78 is 25.7. The number of ether oxygens (including phenoxy) is 1. The Kier molecular flexibility index (Phi) is 21.5. The van der Waals surface area contributed by atoms with E-state index in [4.69, 9.17) is 20.2 Å². The molecule has 10 nitrogen and oxygen atoms in total. The molecule has 33 heavy (non-hydrogen) atoms. The molecule has 0 fully saturated rings. The van der Waals surface area contributed by atoms with Crippen molar-refractivity contribution >= 4 is 13.8 Å². The van der Waals surface area contributed by atoms with Crippen molar-refractivity contribution in [2.24, 2.45) is 0 Å². The van der Waals surface area contributed by atoms with E-state index in [1.165, 1.54) is 64.2 Å². The van der Waals surface area contributed by atoms with Gasteiger partial charge >= 0.3 is 13.8 Å². The lowest BCUT2D eigenvalue weighted by Crippen LogP contribution is -2.26. The molecule has 198 valence electrons. The molecule has 11 heteroatoms. The van der Waals surface area contributed by atoms with Gasteiger partial charge in [-0.1, -0.05) is 84.0 Å². The first-order chi connectivity index (χ1) is 15.8. The van der Waals surface area contributed by atoms with Crippen LogP contribution in [0.25, 0.3) is 0 Å². The third kappa shape index (κ3) is 21.7. The maximum atomic E-state index is 11.8. The van der Waals surface area contributed by atoms with Crippen molar-refractivity contribution in [1.29, 1.82) is 0 Å². The number of rotatable bonds is 24. The minimum Gasteiger partial charge on any atom is -0.463 e. The molecule has 0 aliphatic rings. The Balaban J connectivity index is 3.67. The first-order valence-corrected chi connectivity index (χ1v) is 13.7. The molecule has 0 aromatic rings. The molecule has 0 saturated carbocycles. The van der Waals surface area contributed by atoms with Gasteiger partial charge in [0.2, 0.25) is 0 Å². The van der Waals surface area contributed by atoms with Gasteiger partial charge in [-0.3, -0.25) is 19.1 Å². The highest BCUT2D eigenvalue weighted by atomic mass is 31.2. The average Bonchev–Trinajstić information content (AvgIpc) is 2.80. The van der Waals surface area contributed by atoms with E-state index in [-0.39, 0.29) is 13.0 Å². The number of hydrogen-bond donors (Lipinski definition) is 4. The summed E-state index contributed by atoms with van der Waals surface area (Å²) >= 11 is 0. The van der Waals surface area contributed by atoms with Crippen LogP contribution >= 0.6 is 7.82 Å². The van der Waals surface area contributed by atoms with Gasteiger partial charge in [0.1, 0.15) is 12.7 Å². The number of phosphoric acid groups is 1. The predicted octanol–water partition coefficient (Wildman–Crippen LogP) is 4.36. The molecule has 0 radical (unpaired) electrons. The number of aliphatic hydroxyl groups is 2. The Hall–Kier alpha value is -0.580. The lowest BCUT2D eigenvalue weighted by atomic mass is 10.0. The number of carbonyl (C=O) groups excluding carboxylic acids is 1. The second kappa shape index (κ2) is 21.9. The van der Waals surface area contributed by atoms with Crippen molar-refractivity contribution in [2.75, 3.05) is 26.4 Å². The second-order valence-electron chi connectivity index (χ2n) is 8.30. The molecular weight excluding hydrogens is 455 g/mol. The quantitative estimate of drug-likeness (QED) is 0.0494. The smallest absolute Gasteiger partial charge is 0.463 e. The minimum absolute atomic E-state index is 0.247. The molecule has 0 aromatic heterocycles. The van der Waals surface area contributed by atoms with Crippen LogP contribution in [-0.2, 0) is 28.0 Å². The molecule has 0 aliphatic heterocycles. The molecular formula is C22H45O10P. The van der Waals surface area contributed by atoms with Crippen molar-refractivity contribution in [1.82, 2.24) is 0 Å². The lowest BCUT2D eigenvalue weighted by molar-refractivity contribution is -0.290. The first kappa shape index (κ1) is 32.4. The summed E-state index contributed by atoms with van der Waals surface area (Å²) in [5.41, 5.74) is 0. The standard InChI is InChI=1S/C22H45O10P/c1-2-3-4-5-6-7-8-9-10-11-12-13-14-15-22(25)29-18-21(32-26)19-31-33(27,28)30-17-20(24)16-23/h20-21,23-24,26H,2-19H2,1H3,(H,27,28)/t20?,21-/m1/s1. The fourth-order valence-corrected chi connectivity index (χ4v) is 3.89. The molecule has 0 bridgehead atoms. The topological polar surface area (TPSA) is 152 Å². The van der Waals surface area contributed by atoms with Crippen molar-refractivity contribution in [2.45, 2.75) is 109 Å². The van der Waals surface area contributed by atoms with Gasteiger partial charge in [0.05, 0.1) is 19.8 Å². The van der Waals surface area contributed by atoms with E-state index < -0.39 is 45.8 Å². The Morgan fingerprint density at radius 2 is 1.30 bits per heavy atom. The van der Waals surface area contributed by atoms with Crippen molar-refractivity contribution in [3.05, 3.63) is 0 Å². The van der Waals surface area contributed by atoms with Gasteiger partial charge in [-0.15, -0.1) is 0 Å². The summed E-state index contributed by atoms with van der Waals surface area (Å²) in [5.74, 6) is -0.449. The van der Waals surface area contributed by atoms with Crippen LogP contribution < -0.4 is 0 Å². The summed E-state index contributed by atoms with van der Waals surface area (Å²) in [6.07, 6.45) is 13.5. The van der Waals surface area contributed by atoms with E-state index in [1.54, 1.807) is 0 Å². The van der Waals surface area contributed by atoms with Crippen LogP contribution in [0.15, 0.2) is 0 Å². The van der Waals surface area contributed by atoms with Crippen LogP contribution in [0.4, 0.5) is 0 Å². The Bertz CT molecular complexity index is 506. The third-order valence-electron chi connectivity index (χ3n) is 5.13. The van der Waals surface area contributed by atoms with Crippen LogP contribution in [0.5, 0.6) is 0 Å². The average molecular weight is 501 g/mol. The predicted molar refractivity (Wildman–Crippen MR) is 124 cm³/mol. The second-order valence-corrected chi connectivity index (χ2v) is 9.75. The summed E-state index contributed by atoms with van der Waals surface area (Å²) in [7, 11) is -4.52. The molecule has 0 aliphatic carbocycles. The van der Waals surface area contributed by atoms with Crippen molar-refractivity contribution in [3.8, 4) is 0 Å². The monoisotopic (exact) mass is 500 g/mol. The highest BCUT2D eigenvalue weighted by Gasteiger charge is 2.25. The van der Waals surface area contributed by atoms with Gasteiger partial charge in [0, 0.05) is 6.42 Å². The van der Waals surface area contributed by atoms with Crippen LogP contribution in [-0.4, -0.2) is 65.0 Å². The zero-order valence-corrected chi connectivity index (χ0v) is 21.0. The molecule has 0 heterocycles. The molecule has 3 atom stereocenters. The van der Waals surface area contributed by atoms with Crippen LogP contribution in [0, 0.1) is 0 Å². The Morgan fingerprint density at radius 1 is 0.818 bits per heavy atom. The number of hydrogen-bond acceptors (Lipinski definition) is 9. The van der Waals surface area contributed by atoms with E-state index >= 15 is 0 Å². The number of aliphatic hydroxyl groups excluding tert-OH is 2. The van der Waals surface area contributed by atoms with E-state index in [2.05, 4.69) is 20.9 Å². The fourth-order valence-electron chi connectivity index (χ4n) is 3.10. The fraction of sp³-hybridized carbons (Fsp3) is 0.955. The van der Waals surface area contributed by atoms with E-state index in [1.807, 2.05) is 0 Å². The summed E-state index contributed by atoms with van der Waals surface area (Å²) in [5, 5.41) is 26.6. The number of esters is 1.